The first-order chi connectivity index (χ1) is 16.2. The van der Waals surface area contributed by atoms with E-state index >= 15 is 0 Å². The highest BCUT2D eigenvalue weighted by Crippen LogP contribution is 2.63. The van der Waals surface area contributed by atoms with Gasteiger partial charge in [-0.2, -0.15) is 0 Å². The van der Waals surface area contributed by atoms with Gasteiger partial charge in [0.2, 0.25) is 17.7 Å². The van der Waals surface area contributed by atoms with Crippen molar-refractivity contribution in [2.24, 2.45) is 17.8 Å². The standard InChI is InChI=1S/C24H40N4O6/c1-15(2)13-16(14-29)28-19(21(31)26-7-8-27-9-11-33-12-10-27)24-6-5-23(3,34-24)17(20(30)25-4)18(24)22(28)32/h15-19,29H,5-14H2,1-4H3,(H,25,30)(H,26,31)/t16-,17-,18+,19?,23+,24?/m1/s1. The molecule has 0 radical (unpaired) electrons. The largest absolute Gasteiger partial charge is 0.394 e. The number of carbonyl (C=O) groups is 3. The Labute approximate surface area is 201 Å². The molecule has 192 valence electrons. The van der Waals surface area contributed by atoms with Gasteiger partial charge in [-0.3, -0.25) is 19.3 Å². The molecule has 4 heterocycles. The van der Waals surface area contributed by atoms with Crippen molar-refractivity contribution in [2.75, 3.05) is 53.0 Å². The van der Waals surface area contributed by atoms with E-state index in [0.717, 1.165) is 13.1 Å². The number of nitrogens with one attached hydrogen (secondary N) is 2. The average molecular weight is 481 g/mol. The maximum Gasteiger partial charge on any atom is 0.245 e. The summed E-state index contributed by atoms with van der Waals surface area (Å²) in [7, 11) is 1.56. The second kappa shape index (κ2) is 9.72. The molecule has 3 N–H and O–H groups in total. The van der Waals surface area contributed by atoms with Gasteiger partial charge in [-0.1, -0.05) is 13.8 Å². The van der Waals surface area contributed by atoms with Gasteiger partial charge in [0.25, 0.3) is 0 Å². The van der Waals surface area contributed by atoms with Gasteiger partial charge in [0.05, 0.1) is 43.3 Å². The third-order valence-corrected chi connectivity index (χ3v) is 8.17. The van der Waals surface area contributed by atoms with Crippen molar-refractivity contribution in [1.29, 1.82) is 0 Å². The molecule has 0 aromatic rings. The number of hydrogen-bond acceptors (Lipinski definition) is 7. The van der Waals surface area contributed by atoms with E-state index in [1.165, 1.54) is 0 Å². The van der Waals surface area contributed by atoms with Crippen LogP contribution in [0, 0.1) is 17.8 Å². The summed E-state index contributed by atoms with van der Waals surface area (Å²) >= 11 is 0. The van der Waals surface area contributed by atoms with Crippen LogP contribution < -0.4 is 10.6 Å². The fraction of sp³-hybridized carbons (Fsp3) is 0.875. The van der Waals surface area contributed by atoms with Gasteiger partial charge in [-0.15, -0.1) is 0 Å². The first-order valence-electron chi connectivity index (χ1n) is 12.6. The van der Waals surface area contributed by atoms with Crippen LogP contribution in [0.4, 0.5) is 0 Å². The topological polar surface area (TPSA) is 120 Å². The lowest BCUT2D eigenvalue weighted by molar-refractivity contribution is -0.150. The molecular formula is C24H40N4O6. The molecule has 0 aromatic carbocycles. The summed E-state index contributed by atoms with van der Waals surface area (Å²) in [6, 6.07) is -1.38. The van der Waals surface area contributed by atoms with E-state index in [-0.39, 0.29) is 30.2 Å². The molecule has 0 aliphatic carbocycles. The van der Waals surface area contributed by atoms with Gasteiger partial charge in [-0.05, 0) is 32.1 Å². The normalized spacial score (nSPS) is 36.1. The first-order valence-corrected chi connectivity index (χ1v) is 12.6. The third kappa shape index (κ3) is 4.12. The number of likely N-dealkylation sites (tertiary alicyclic amines) is 1. The van der Waals surface area contributed by atoms with Crippen LogP contribution in [-0.4, -0.2) is 109 Å². The number of rotatable bonds is 9. The highest BCUT2D eigenvalue weighted by molar-refractivity contribution is 5.99. The summed E-state index contributed by atoms with van der Waals surface area (Å²) in [6.07, 6.45) is 1.70. The predicted octanol–water partition coefficient (Wildman–Crippen LogP) is -0.647. The Kier molecular flexibility index (Phi) is 7.24. The van der Waals surface area contributed by atoms with Crippen molar-refractivity contribution in [1.82, 2.24) is 20.4 Å². The monoisotopic (exact) mass is 480 g/mol. The summed E-state index contributed by atoms with van der Waals surface area (Å²) in [4.78, 5) is 44.3. The van der Waals surface area contributed by atoms with Crippen molar-refractivity contribution in [3.8, 4) is 0 Å². The van der Waals surface area contributed by atoms with E-state index in [9.17, 15) is 19.5 Å². The van der Waals surface area contributed by atoms with E-state index in [1.807, 2.05) is 20.8 Å². The molecule has 4 aliphatic heterocycles. The Hall–Kier alpha value is -1.75. The highest BCUT2D eigenvalue weighted by Gasteiger charge is 2.78. The second-order valence-corrected chi connectivity index (χ2v) is 10.8. The Morgan fingerprint density at radius 1 is 1.21 bits per heavy atom. The van der Waals surface area contributed by atoms with Crippen LogP contribution in [0.15, 0.2) is 0 Å². The number of fused-ring (bicyclic) bond motifs is 1. The smallest absolute Gasteiger partial charge is 0.245 e. The number of amides is 3. The van der Waals surface area contributed by atoms with Crippen LogP contribution in [0.1, 0.15) is 40.0 Å². The average Bonchev–Trinajstić information content (AvgIpc) is 3.38. The van der Waals surface area contributed by atoms with Crippen LogP contribution in [0.25, 0.3) is 0 Å². The molecule has 0 aromatic heterocycles. The summed E-state index contributed by atoms with van der Waals surface area (Å²) in [6.45, 7) is 9.84. The summed E-state index contributed by atoms with van der Waals surface area (Å²) in [5.41, 5.74) is -1.85. The first kappa shape index (κ1) is 25.3. The van der Waals surface area contributed by atoms with Gasteiger partial charge < -0.3 is 30.1 Å². The molecule has 3 amide bonds. The number of ether oxygens (including phenoxy) is 2. The minimum Gasteiger partial charge on any atom is -0.394 e. The van der Waals surface area contributed by atoms with Gasteiger partial charge >= 0.3 is 0 Å². The van der Waals surface area contributed by atoms with Crippen molar-refractivity contribution in [2.45, 2.75) is 63.3 Å². The van der Waals surface area contributed by atoms with Gasteiger partial charge in [0.15, 0.2) is 0 Å². The number of aliphatic hydroxyl groups is 1. The third-order valence-electron chi connectivity index (χ3n) is 8.17. The van der Waals surface area contributed by atoms with Gasteiger partial charge in [-0.25, -0.2) is 0 Å². The number of hydrogen-bond donors (Lipinski definition) is 3. The predicted molar refractivity (Wildman–Crippen MR) is 124 cm³/mol. The Morgan fingerprint density at radius 3 is 2.53 bits per heavy atom. The fourth-order valence-electron chi connectivity index (χ4n) is 6.69. The lowest BCUT2D eigenvalue weighted by atomic mass is 9.66. The Morgan fingerprint density at radius 2 is 1.91 bits per heavy atom. The highest BCUT2D eigenvalue weighted by atomic mass is 16.5. The maximum absolute atomic E-state index is 13.9. The number of carbonyl (C=O) groups excluding carboxylic acids is 3. The molecule has 4 aliphatic rings. The van der Waals surface area contributed by atoms with Crippen molar-refractivity contribution in [3.63, 3.8) is 0 Å². The molecule has 4 saturated heterocycles. The minimum atomic E-state index is -1.06. The number of morpholine rings is 1. The molecule has 2 unspecified atom stereocenters. The molecule has 10 heteroatoms. The van der Waals surface area contributed by atoms with Crippen LogP contribution in [0.5, 0.6) is 0 Å². The fourth-order valence-corrected chi connectivity index (χ4v) is 6.69. The zero-order chi connectivity index (χ0) is 24.7. The quantitative estimate of drug-likeness (QED) is 0.401. The van der Waals surface area contributed by atoms with Gasteiger partial charge in [0, 0.05) is 33.2 Å². The van der Waals surface area contributed by atoms with Crippen LogP contribution in [0.2, 0.25) is 0 Å². The van der Waals surface area contributed by atoms with Crippen LogP contribution >= 0.6 is 0 Å². The van der Waals surface area contributed by atoms with E-state index < -0.39 is 35.1 Å². The van der Waals surface area contributed by atoms with Gasteiger partial charge in [0.1, 0.15) is 11.6 Å². The number of nitrogens with zero attached hydrogens (tertiary/aromatic N) is 2. The zero-order valence-corrected chi connectivity index (χ0v) is 20.8. The minimum absolute atomic E-state index is 0.220. The molecule has 6 atom stereocenters. The summed E-state index contributed by atoms with van der Waals surface area (Å²) in [5, 5.41) is 16.0. The van der Waals surface area contributed by atoms with Crippen molar-refractivity contribution >= 4 is 17.7 Å². The number of aliphatic hydroxyl groups excluding tert-OH is 1. The molecular weight excluding hydrogens is 440 g/mol. The zero-order valence-electron chi connectivity index (χ0n) is 20.8. The molecule has 34 heavy (non-hydrogen) atoms. The lowest BCUT2D eigenvalue weighted by Crippen LogP contribution is -2.58. The van der Waals surface area contributed by atoms with E-state index in [0.29, 0.717) is 45.6 Å². The molecule has 10 nitrogen and oxygen atoms in total. The molecule has 2 bridgehead atoms. The summed E-state index contributed by atoms with van der Waals surface area (Å²) in [5.74, 6) is -1.94. The molecule has 4 fully saturated rings. The Bertz CT molecular complexity index is 802. The second-order valence-electron chi connectivity index (χ2n) is 10.8. The van der Waals surface area contributed by atoms with Crippen LogP contribution in [-0.2, 0) is 23.9 Å². The Balaban J connectivity index is 1.62. The maximum atomic E-state index is 13.9. The van der Waals surface area contributed by atoms with E-state index in [4.69, 9.17) is 9.47 Å². The SMILES string of the molecule is CNC(=O)[C@H]1[C@H]2C(=O)N([C@@H](CO)CC(C)C)C(C(=O)NCCN3CCOCC3)C23CC[C@]1(C)O3. The molecule has 0 saturated carbocycles. The van der Waals surface area contributed by atoms with Crippen LogP contribution in [0.3, 0.4) is 0 Å². The molecule has 4 rings (SSSR count). The molecule has 1 spiro atoms. The van der Waals surface area contributed by atoms with E-state index in [1.54, 1.807) is 11.9 Å². The summed E-state index contributed by atoms with van der Waals surface area (Å²) < 4.78 is 11.9. The van der Waals surface area contributed by atoms with Crippen molar-refractivity contribution < 1.29 is 29.0 Å². The van der Waals surface area contributed by atoms with E-state index in [2.05, 4.69) is 15.5 Å². The lowest BCUT2D eigenvalue weighted by Gasteiger charge is -2.37. The van der Waals surface area contributed by atoms with Crippen molar-refractivity contribution in [3.05, 3.63) is 0 Å².